The summed E-state index contributed by atoms with van der Waals surface area (Å²) in [5, 5.41) is 9.05. The lowest BCUT2D eigenvalue weighted by atomic mass is 10.0. The largest absolute Gasteiger partial charge is 0.327 e. The summed E-state index contributed by atoms with van der Waals surface area (Å²) in [5.41, 5.74) is 5.24. The van der Waals surface area contributed by atoms with Gasteiger partial charge < -0.3 is 4.98 Å². The second-order valence-electron chi connectivity index (χ2n) is 4.33. The van der Waals surface area contributed by atoms with E-state index in [4.69, 9.17) is 5.26 Å². The molecule has 82 valence electrons. The Labute approximate surface area is 98.4 Å². The first-order valence-corrected chi connectivity index (χ1v) is 5.45. The minimum absolute atomic E-state index is 0.110. The Morgan fingerprint density at radius 3 is 3.00 bits per heavy atom. The fraction of sp³-hybridized carbons (Fsp3) is 0.143. The van der Waals surface area contributed by atoms with Crippen LogP contribution in [0.25, 0.3) is 11.1 Å². The van der Waals surface area contributed by atoms with Gasteiger partial charge in [-0.1, -0.05) is 23.8 Å². The summed E-state index contributed by atoms with van der Waals surface area (Å²) in [6.07, 6.45) is 2.18. The molecule has 0 atom stereocenters. The van der Waals surface area contributed by atoms with E-state index in [1.54, 1.807) is 0 Å². The number of hydrogen-bond donors (Lipinski definition) is 1. The van der Waals surface area contributed by atoms with E-state index >= 15 is 0 Å². The number of benzene rings is 1. The minimum atomic E-state index is -0.110. The molecule has 1 N–H and O–H groups in total. The number of nitriles is 1. The van der Waals surface area contributed by atoms with Crippen LogP contribution in [-0.4, -0.2) is 4.98 Å². The van der Waals surface area contributed by atoms with E-state index in [9.17, 15) is 4.79 Å². The van der Waals surface area contributed by atoms with Crippen molar-refractivity contribution in [3.8, 4) is 17.2 Å². The number of aromatic nitrogens is 1. The average molecular weight is 222 g/mol. The van der Waals surface area contributed by atoms with Crippen LogP contribution in [0, 0.1) is 18.3 Å². The highest BCUT2D eigenvalue weighted by molar-refractivity contribution is 5.78. The molecule has 1 aromatic carbocycles. The van der Waals surface area contributed by atoms with Gasteiger partial charge in [0.1, 0.15) is 6.07 Å². The monoisotopic (exact) mass is 222 g/mol. The summed E-state index contributed by atoms with van der Waals surface area (Å²) in [6.45, 7) is 2.03. The number of rotatable bonds is 0. The molecule has 1 aromatic heterocycles. The van der Waals surface area contributed by atoms with Crippen LogP contribution in [0.15, 0.2) is 29.2 Å². The quantitative estimate of drug-likeness (QED) is 0.633. The first kappa shape index (κ1) is 9.86. The first-order valence-electron chi connectivity index (χ1n) is 5.45. The number of aromatic amines is 1. The van der Waals surface area contributed by atoms with Gasteiger partial charge in [0, 0.05) is 12.6 Å². The summed E-state index contributed by atoms with van der Waals surface area (Å²) in [6, 6.07) is 8.17. The molecule has 17 heavy (non-hydrogen) atoms. The molecule has 2 aromatic rings. The van der Waals surface area contributed by atoms with Crippen molar-refractivity contribution < 1.29 is 0 Å². The topological polar surface area (TPSA) is 56.6 Å². The molecule has 0 spiro atoms. The molecule has 1 heterocycles. The number of nitrogens with zero attached hydrogens (tertiary/aromatic N) is 1. The van der Waals surface area contributed by atoms with Crippen molar-refractivity contribution in [2.75, 3.05) is 0 Å². The maximum Gasteiger partial charge on any atom is 0.256 e. The highest BCUT2D eigenvalue weighted by Gasteiger charge is 2.24. The van der Waals surface area contributed by atoms with Gasteiger partial charge in [0.2, 0.25) is 0 Å². The van der Waals surface area contributed by atoms with Crippen LogP contribution in [-0.2, 0) is 6.42 Å². The van der Waals surface area contributed by atoms with E-state index in [1.807, 2.05) is 19.1 Å². The van der Waals surface area contributed by atoms with Crippen LogP contribution in [0.3, 0.4) is 0 Å². The minimum Gasteiger partial charge on any atom is -0.327 e. The molecule has 3 heteroatoms. The zero-order valence-electron chi connectivity index (χ0n) is 9.37. The number of pyridine rings is 1. The van der Waals surface area contributed by atoms with E-state index in [2.05, 4.69) is 17.1 Å². The van der Waals surface area contributed by atoms with E-state index in [-0.39, 0.29) is 5.56 Å². The molecule has 0 bridgehead atoms. The van der Waals surface area contributed by atoms with E-state index in [0.29, 0.717) is 17.5 Å². The van der Waals surface area contributed by atoms with Crippen LogP contribution in [0.2, 0.25) is 0 Å². The molecular weight excluding hydrogens is 212 g/mol. The van der Waals surface area contributed by atoms with Gasteiger partial charge in [0.25, 0.3) is 5.56 Å². The maximum absolute atomic E-state index is 11.9. The highest BCUT2D eigenvalue weighted by atomic mass is 16.1. The standard InChI is InChI=1S/C14H10N2O/c1-8-2-3-11-9(4-8)5-12-10(6-15)7-16-14(17)13(11)12/h2-4,7H,5H2,1H3,(H,16,17). The third-order valence-electron chi connectivity index (χ3n) is 3.22. The van der Waals surface area contributed by atoms with Crippen molar-refractivity contribution in [1.29, 1.82) is 5.26 Å². The van der Waals surface area contributed by atoms with Crippen molar-refractivity contribution >= 4 is 0 Å². The van der Waals surface area contributed by atoms with Gasteiger partial charge in [-0.15, -0.1) is 0 Å². The number of fused-ring (bicyclic) bond motifs is 3. The fourth-order valence-electron chi connectivity index (χ4n) is 2.44. The molecule has 3 rings (SSSR count). The molecule has 0 amide bonds. The number of hydrogen-bond acceptors (Lipinski definition) is 2. The predicted octanol–water partition coefficient (Wildman–Crippen LogP) is 2.13. The highest BCUT2D eigenvalue weighted by Crippen LogP contribution is 2.35. The zero-order chi connectivity index (χ0) is 12.0. The van der Waals surface area contributed by atoms with Gasteiger partial charge >= 0.3 is 0 Å². The zero-order valence-corrected chi connectivity index (χ0v) is 9.37. The van der Waals surface area contributed by atoms with Gasteiger partial charge in [-0.05, 0) is 23.6 Å². The molecule has 0 saturated heterocycles. The Morgan fingerprint density at radius 2 is 2.24 bits per heavy atom. The summed E-state index contributed by atoms with van der Waals surface area (Å²) < 4.78 is 0. The van der Waals surface area contributed by atoms with Crippen LogP contribution in [0.1, 0.15) is 22.3 Å². The molecule has 0 unspecified atom stereocenters. The van der Waals surface area contributed by atoms with Crippen LogP contribution < -0.4 is 5.56 Å². The molecular formula is C14H10N2O. The van der Waals surface area contributed by atoms with Crippen LogP contribution in [0.4, 0.5) is 0 Å². The lowest BCUT2D eigenvalue weighted by Crippen LogP contribution is -2.10. The van der Waals surface area contributed by atoms with Gasteiger partial charge in [0.05, 0.1) is 11.1 Å². The van der Waals surface area contributed by atoms with Crippen molar-refractivity contribution in [3.63, 3.8) is 0 Å². The molecule has 0 saturated carbocycles. The second kappa shape index (κ2) is 3.33. The normalized spacial score (nSPS) is 11.8. The van der Waals surface area contributed by atoms with Crippen molar-refractivity contribution in [1.82, 2.24) is 4.98 Å². The molecule has 0 fully saturated rings. The number of aryl methyl sites for hydroxylation is 1. The Morgan fingerprint density at radius 1 is 1.41 bits per heavy atom. The SMILES string of the molecule is Cc1ccc2c(c1)Cc1c(C#N)c[nH]c(=O)c1-2. The maximum atomic E-state index is 11.9. The average Bonchev–Trinajstić information content (AvgIpc) is 2.68. The molecule has 0 aliphatic heterocycles. The molecule has 0 radical (unpaired) electrons. The van der Waals surface area contributed by atoms with E-state index < -0.39 is 0 Å². The van der Waals surface area contributed by atoms with Crippen LogP contribution >= 0.6 is 0 Å². The van der Waals surface area contributed by atoms with Gasteiger partial charge in [-0.25, -0.2) is 0 Å². The Balaban J connectivity index is 2.38. The summed E-state index contributed by atoms with van der Waals surface area (Å²) in [7, 11) is 0. The summed E-state index contributed by atoms with van der Waals surface area (Å²) in [5.74, 6) is 0. The number of nitrogens with one attached hydrogen (secondary N) is 1. The summed E-state index contributed by atoms with van der Waals surface area (Å²) >= 11 is 0. The lowest BCUT2D eigenvalue weighted by Gasteiger charge is -2.00. The van der Waals surface area contributed by atoms with Crippen molar-refractivity contribution in [3.05, 3.63) is 57.0 Å². The van der Waals surface area contributed by atoms with Gasteiger partial charge in [0.15, 0.2) is 0 Å². The second-order valence-corrected chi connectivity index (χ2v) is 4.33. The van der Waals surface area contributed by atoms with Crippen LogP contribution in [0.5, 0.6) is 0 Å². The Hall–Kier alpha value is -2.34. The third kappa shape index (κ3) is 1.31. The van der Waals surface area contributed by atoms with Crippen molar-refractivity contribution in [2.24, 2.45) is 0 Å². The first-order chi connectivity index (χ1) is 8.20. The predicted molar refractivity (Wildman–Crippen MR) is 64.8 cm³/mol. The van der Waals surface area contributed by atoms with E-state index in [1.165, 1.54) is 11.8 Å². The number of H-pyrrole nitrogens is 1. The van der Waals surface area contributed by atoms with Gasteiger partial charge in [-0.2, -0.15) is 5.26 Å². The van der Waals surface area contributed by atoms with Crippen molar-refractivity contribution in [2.45, 2.75) is 13.3 Å². The summed E-state index contributed by atoms with van der Waals surface area (Å²) in [4.78, 5) is 14.5. The Bertz CT molecular complexity index is 720. The molecule has 1 aliphatic carbocycles. The fourth-order valence-corrected chi connectivity index (χ4v) is 2.44. The lowest BCUT2D eigenvalue weighted by molar-refractivity contribution is 1.17. The Kier molecular flexibility index (Phi) is 1.93. The molecule has 3 nitrogen and oxygen atoms in total. The van der Waals surface area contributed by atoms with Gasteiger partial charge in [-0.3, -0.25) is 4.79 Å². The third-order valence-corrected chi connectivity index (χ3v) is 3.22. The molecule has 1 aliphatic rings. The van der Waals surface area contributed by atoms with E-state index in [0.717, 1.165) is 16.7 Å². The smallest absolute Gasteiger partial charge is 0.256 e.